The van der Waals surface area contributed by atoms with Crippen LogP contribution in [0.1, 0.15) is 24.8 Å². The number of hydrogen-bond acceptors (Lipinski definition) is 3. The SMILES string of the molecule is O=C1CCN(C(=O)CN2C(=O)CCc3ccccc32)CC1. The number of Topliss-reactive ketones (excluding diaryl/α,β-unsaturated/α-hetero) is 1. The molecule has 0 N–H and O–H groups in total. The number of piperidine rings is 1. The molecule has 0 saturated carbocycles. The summed E-state index contributed by atoms with van der Waals surface area (Å²) in [4.78, 5) is 39.0. The molecule has 110 valence electrons. The third-order valence-electron chi connectivity index (χ3n) is 4.16. The Balaban J connectivity index is 1.73. The van der Waals surface area contributed by atoms with Crippen molar-refractivity contribution in [3.8, 4) is 0 Å². The molecule has 0 radical (unpaired) electrons. The Morgan fingerprint density at radius 1 is 1.00 bits per heavy atom. The first-order chi connectivity index (χ1) is 10.1. The zero-order chi connectivity index (χ0) is 14.8. The molecule has 2 aliphatic rings. The van der Waals surface area contributed by atoms with Crippen LogP contribution in [-0.2, 0) is 20.8 Å². The number of carbonyl (C=O) groups excluding carboxylic acids is 3. The van der Waals surface area contributed by atoms with Crippen molar-refractivity contribution >= 4 is 23.3 Å². The number of rotatable bonds is 2. The predicted molar refractivity (Wildman–Crippen MR) is 77.9 cm³/mol. The van der Waals surface area contributed by atoms with E-state index in [1.54, 1.807) is 9.80 Å². The highest BCUT2D eigenvalue weighted by Gasteiger charge is 2.28. The number of hydrogen-bond donors (Lipinski definition) is 0. The Hall–Kier alpha value is -2.17. The number of carbonyl (C=O) groups is 3. The second-order valence-electron chi connectivity index (χ2n) is 5.53. The minimum absolute atomic E-state index is 0.00450. The average Bonchev–Trinajstić information content (AvgIpc) is 2.51. The Labute approximate surface area is 123 Å². The summed E-state index contributed by atoms with van der Waals surface area (Å²) in [5, 5.41) is 0. The van der Waals surface area contributed by atoms with Crippen LogP contribution < -0.4 is 4.90 Å². The van der Waals surface area contributed by atoms with E-state index in [2.05, 4.69) is 0 Å². The molecule has 1 aromatic rings. The van der Waals surface area contributed by atoms with E-state index >= 15 is 0 Å². The summed E-state index contributed by atoms with van der Waals surface area (Å²) in [6.07, 6.45) is 2.03. The summed E-state index contributed by atoms with van der Waals surface area (Å²) >= 11 is 0. The minimum atomic E-state index is -0.0763. The van der Waals surface area contributed by atoms with E-state index < -0.39 is 0 Å². The zero-order valence-corrected chi connectivity index (χ0v) is 11.9. The third kappa shape index (κ3) is 2.82. The van der Waals surface area contributed by atoms with Gasteiger partial charge in [-0.3, -0.25) is 14.4 Å². The number of fused-ring (bicyclic) bond motifs is 1. The van der Waals surface area contributed by atoms with Crippen molar-refractivity contribution in [2.45, 2.75) is 25.7 Å². The maximum Gasteiger partial charge on any atom is 0.242 e. The van der Waals surface area contributed by atoms with E-state index in [1.165, 1.54) is 0 Å². The van der Waals surface area contributed by atoms with Crippen LogP contribution >= 0.6 is 0 Å². The molecule has 0 aliphatic carbocycles. The molecule has 21 heavy (non-hydrogen) atoms. The van der Waals surface area contributed by atoms with E-state index in [0.717, 1.165) is 17.7 Å². The average molecular weight is 286 g/mol. The summed E-state index contributed by atoms with van der Waals surface area (Å²) in [7, 11) is 0. The van der Waals surface area contributed by atoms with Crippen molar-refractivity contribution < 1.29 is 14.4 Å². The van der Waals surface area contributed by atoms with Crippen LogP contribution in [0.5, 0.6) is 0 Å². The lowest BCUT2D eigenvalue weighted by atomic mass is 10.0. The lowest BCUT2D eigenvalue weighted by molar-refractivity contribution is -0.134. The molecule has 5 nitrogen and oxygen atoms in total. The maximum absolute atomic E-state index is 12.3. The Morgan fingerprint density at radius 2 is 1.71 bits per heavy atom. The van der Waals surface area contributed by atoms with Gasteiger partial charge in [-0.2, -0.15) is 0 Å². The largest absolute Gasteiger partial charge is 0.340 e. The van der Waals surface area contributed by atoms with E-state index in [0.29, 0.717) is 32.4 Å². The van der Waals surface area contributed by atoms with Gasteiger partial charge in [0.05, 0.1) is 0 Å². The topological polar surface area (TPSA) is 57.7 Å². The number of nitrogens with zero attached hydrogens (tertiary/aromatic N) is 2. The van der Waals surface area contributed by atoms with E-state index in [9.17, 15) is 14.4 Å². The highest BCUT2D eigenvalue weighted by molar-refractivity contribution is 6.01. The summed E-state index contributed by atoms with van der Waals surface area (Å²) in [5.74, 6) is 0.126. The molecule has 0 unspecified atom stereocenters. The molecule has 2 aliphatic heterocycles. The third-order valence-corrected chi connectivity index (χ3v) is 4.16. The Bertz CT molecular complexity index is 587. The van der Waals surface area contributed by atoms with Crippen LogP contribution in [0, 0.1) is 0 Å². The molecule has 2 heterocycles. The number of anilines is 1. The molecule has 2 amide bonds. The van der Waals surface area contributed by atoms with Gasteiger partial charge in [0.25, 0.3) is 0 Å². The number of aryl methyl sites for hydroxylation is 1. The van der Waals surface area contributed by atoms with Gasteiger partial charge in [-0.1, -0.05) is 18.2 Å². The van der Waals surface area contributed by atoms with Gasteiger partial charge >= 0.3 is 0 Å². The number of ketones is 1. The summed E-state index contributed by atoms with van der Waals surface area (Å²) in [6, 6.07) is 7.72. The molecule has 1 aromatic carbocycles. The first-order valence-corrected chi connectivity index (χ1v) is 7.33. The number of benzene rings is 1. The van der Waals surface area contributed by atoms with Crippen molar-refractivity contribution in [2.75, 3.05) is 24.5 Å². The van der Waals surface area contributed by atoms with Gasteiger partial charge in [-0.05, 0) is 18.1 Å². The minimum Gasteiger partial charge on any atom is -0.340 e. The van der Waals surface area contributed by atoms with Crippen LogP contribution in [-0.4, -0.2) is 42.1 Å². The van der Waals surface area contributed by atoms with Gasteiger partial charge in [-0.15, -0.1) is 0 Å². The normalized spacial score (nSPS) is 18.7. The number of para-hydroxylation sites is 1. The molecule has 1 saturated heterocycles. The zero-order valence-electron chi connectivity index (χ0n) is 11.9. The smallest absolute Gasteiger partial charge is 0.242 e. The van der Waals surface area contributed by atoms with Crippen molar-refractivity contribution in [2.24, 2.45) is 0 Å². The molecule has 0 atom stereocenters. The van der Waals surface area contributed by atoms with Gasteiger partial charge in [0.2, 0.25) is 11.8 Å². The number of likely N-dealkylation sites (tertiary alicyclic amines) is 1. The molecular weight excluding hydrogens is 268 g/mol. The molecule has 1 fully saturated rings. The van der Waals surface area contributed by atoms with Gasteiger partial charge in [0.15, 0.2) is 0 Å². The highest BCUT2D eigenvalue weighted by Crippen LogP contribution is 2.27. The van der Waals surface area contributed by atoms with Crippen LogP contribution in [0.4, 0.5) is 5.69 Å². The van der Waals surface area contributed by atoms with Gasteiger partial charge in [0, 0.05) is 38.0 Å². The molecule has 3 rings (SSSR count). The van der Waals surface area contributed by atoms with Crippen LogP contribution in [0.2, 0.25) is 0 Å². The van der Waals surface area contributed by atoms with E-state index in [1.807, 2.05) is 24.3 Å². The Morgan fingerprint density at radius 3 is 2.48 bits per heavy atom. The van der Waals surface area contributed by atoms with Crippen LogP contribution in [0.15, 0.2) is 24.3 Å². The van der Waals surface area contributed by atoms with Crippen molar-refractivity contribution in [1.82, 2.24) is 4.90 Å². The lowest BCUT2D eigenvalue weighted by Gasteiger charge is -2.32. The fourth-order valence-electron chi connectivity index (χ4n) is 2.91. The van der Waals surface area contributed by atoms with Crippen molar-refractivity contribution in [3.05, 3.63) is 29.8 Å². The summed E-state index contributed by atoms with van der Waals surface area (Å²) in [6.45, 7) is 1.02. The van der Waals surface area contributed by atoms with E-state index in [4.69, 9.17) is 0 Å². The molecule has 5 heteroatoms. The molecule has 0 bridgehead atoms. The second kappa shape index (κ2) is 5.68. The lowest BCUT2D eigenvalue weighted by Crippen LogP contribution is -2.47. The van der Waals surface area contributed by atoms with Crippen LogP contribution in [0.25, 0.3) is 0 Å². The summed E-state index contributed by atoms with van der Waals surface area (Å²) in [5.41, 5.74) is 1.95. The fraction of sp³-hybridized carbons (Fsp3) is 0.438. The van der Waals surface area contributed by atoms with Crippen molar-refractivity contribution in [1.29, 1.82) is 0 Å². The predicted octanol–water partition coefficient (Wildman–Crippen LogP) is 1.16. The summed E-state index contributed by atoms with van der Waals surface area (Å²) < 4.78 is 0. The highest BCUT2D eigenvalue weighted by atomic mass is 16.2. The first-order valence-electron chi connectivity index (χ1n) is 7.33. The first kappa shape index (κ1) is 13.8. The molecule has 0 aromatic heterocycles. The monoisotopic (exact) mass is 286 g/mol. The standard InChI is InChI=1S/C16H18N2O3/c19-13-7-9-17(10-8-13)16(21)11-18-14-4-2-1-3-12(14)5-6-15(18)20/h1-4H,5-11H2. The maximum atomic E-state index is 12.3. The van der Waals surface area contributed by atoms with Gasteiger partial charge in [0.1, 0.15) is 12.3 Å². The van der Waals surface area contributed by atoms with Crippen molar-refractivity contribution in [3.63, 3.8) is 0 Å². The Kier molecular flexibility index (Phi) is 3.73. The second-order valence-corrected chi connectivity index (χ2v) is 5.53. The van der Waals surface area contributed by atoms with Gasteiger partial charge < -0.3 is 9.80 Å². The van der Waals surface area contributed by atoms with Crippen LogP contribution in [0.3, 0.4) is 0 Å². The van der Waals surface area contributed by atoms with E-state index in [-0.39, 0.29) is 24.1 Å². The number of amides is 2. The quantitative estimate of drug-likeness (QED) is 0.819. The molecule has 0 spiro atoms. The fourth-order valence-corrected chi connectivity index (χ4v) is 2.91. The molecular formula is C16H18N2O3. The van der Waals surface area contributed by atoms with Gasteiger partial charge in [-0.25, -0.2) is 0 Å².